The number of carboxylic acid groups (broad SMARTS) is 1. The lowest BCUT2D eigenvalue weighted by Gasteiger charge is -2.31. The van der Waals surface area contributed by atoms with Crippen LogP contribution in [0.4, 0.5) is 4.39 Å². The third-order valence-corrected chi connectivity index (χ3v) is 3.19. The van der Waals surface area contributed by atoms with Crippen molar-refractivity contribution >= 4 is 5.97 Å². The summed E-state index contributed by atoms with van der Waals surface area (Å²) in [5.41, 5.74) is -0.686. The number of allylic oxidation sites excluding steroid dienone is 3. The van der Waals surface area contributed by atoms with Crippen LogP contribution >= 0.6 is 0 Å². The van der Waals surface area contributed by atoms with E-state index in [0.717, 1.165) is 5.56 Å². The minimum Gasteiger partial charge on any atom is -0.478 e. The van der Waals surface area contributed by atoms with E-state index in [1.807, 2.05) is 0 Å². The van der Waals surface area contributed by atoms with Crippen molar-refractivity contribution in [1.82, 2.24) is 0 Å². The Morgan fingerprint density at radius 2 is 2.05 bits per heavy atom. The van der Waals surface area contributed by atoms with E-state index in [0.29, 0.717) is 0 Å². The highest BCUT2D eigenvalue weighted by molar-refractivity contribution is 5.87. The molecular weight excluding hydrogens is 247 g/mol. The maximum absolute atomic E-state index is 14.8. The van der Waals surface area contributed by atoms with Gasteiger partial charge in [-0.1, -0.05) is 30.4 Å². The molecule has 0 aromatic heterocycles. The lowest BCUT2D eigenvalue weighted by atomic mass is 9.81. The highest BCUT2D eigenvalue weighted by Crippen LogP contribution is 2.37. The molecule has 1 N–H and O–H groups in total. The SMILES string of the molecule is COCC1(F)C=CC=CC1c1ccc(C(=O)O)cc1. The molecule has 0 saturated carbocycles. The Balaban J connectivity index is 2.31. The molecule has 0 radical (unpaired) electrons. The number of methoxy groups -OCH3 is 1. The Morgan fingerprint density at radius 3 is 2.63 bits per heavy atom. The summed E-state index contributed by atoms with van der Waals surface area (Å²) in [7, 11) is 1.46. The van der Waals surface area contributed by atoms with Gasteiger partial charge in [0.25, 0.3) is 0 Å². The summed E-state index contributed by atoms with van der Waals surface area (Å²) in [5.74, 6) is -1.46. The Morgan fingerprint density at radius 1 is 1.37 bits per heavy atom. The van der Waals surface area contributed by atoms with Crippen LogP contribution in [0.2, 0.25) is 0 Å². The van der Waals surface area contributed by atoms with Gasteiger partial charge in [-0.05, 0) is 23.8 Å². The molecule has 3 nitrogen and oxygen atoms in total. The number of hydrogen-bond donors (Lipinski definition) is 1. The Hall–Kier alpha value is -1.94. The minimum absolute atomic E-state index is 0.0425. The molecule has 2 rings (SSSR count). The van der Waals surface area contributed by atoms with Gasteiger partial charge in [0, 0.05) is 13.0 Å². The molecular formula is C15H15FO3. The van der Waals surface area contributed by atoms with Crippen molar-refractivity contribution in [1.29, 1.82) is 0 Å². The molecule has 0 amide bonds. The molecule has 0 bridgehead atoms. The molecule has 1 aliphatic rings. The lowest BCUT2D eigenvalue weighted by molar-refractivity contribution is 0.0646. The normalized spacial score (nSPS) is 25.5. The molecule has 100 valence electrons. The molecule has 0 aliphatic heterocycles. The number of carboxylic acids is 1. The quantitative estimate of drug-likeness (QED) is 0.907. The molecule has 2 atom stereocenters. The summed E-state index contributed by atoms with van der Waals surface area (Å²) in [4.78, 5) is 10.8. The van der Waals surface area contributed by atoms with E-state index in [1.54, 1.807) is 30.4 Å². The maximum atomic E-state index is 14.8. The summed E-state index contributed by atoms with van der Waals surface area (Å²) in [6.45, 7) is -0.0425. The van der Waals surface area contributed by atoms with Crippen LogP contribution in [0.1, 0.15) is 21.8 Å². The summed E-state index contributed by atoms with van der Waals surface area (Å²) in [6.07, 6.45) is 6.67. The van der Waals surface area contributed by atoms with Crippen LogP contribution in [0.5, 0.6) is 0 Å². The maximum Gasteiger partial charge on any atom is 0.335 e. The van der Waals surface area contributed by atoms with Crippen LogP contribution < -0.4 is 0 Å². The number of halogens is 1. The van der Waals surface area contributed by atoms with Crippen molar-refractivity contribution < 1.29 is 19.0 Å². The number of benzene rings is 1. The first-order chi connectivity index (χ1) is 9.07. The van der Waals surface area contributed by atoms with Gasteiger partial charge in [0.05, 0.1) is 12.2 Å². The van der Waals surface area contributed by atoms with E-state index >= 15 is 0 Å². The Kier molecular flexibility index (Phi) is 3.81. The van der Waals surface area contributed by atoms with E-state index in [-0.39, 0.29) is 12.2 Å². The van der Waals surface area contributed by atoms with Crippen LogP contribution in [-0.2, 0) is 4.74 Å². The lowest BCUT2D eigenvalue weighted by Crippen LogP contribution is -2.34. The molecule has 19 heavy (non-hydrogen) atoms. The van der Waals surface area contributed by atoms with E-state index < -0.39 is 17.6 Å². The fourth-order valence-corrected chi connectivity index (χ4v) is 2.23. The average Bonchev–Trinajstić information content (AvgIpc) is 2.39. The second-order valence-corrected chi connectivity index (χ2v) is 4.51. The Labute approximate surface area is 111 Å². The first-order valence-electron chi connectivity index (χ1n) is 5.94. The van der Waals surface area contributed by atoms with Crippen LogP contribution in [0.15, 0.2) is 48.6 Å². The third kappa shape index (κ3) is 2.74. The van der Waals surface area contributed by atoms with Crippen LogP contribution in [0.3, 0.4) is 0 Å². The first kappa shape index (κ1) is 13.5. The molecule has 0 saturated heterocycles. The van der Waals surface area contributed by atoms with Gasteiger partial charge in [-0.2, -0.15) is 0 Å². The van der Waals surface area contributed by atoms with Crippen LogP contribution in [0, 0.1) is 0 Å². The molecule has 2 unspecified atom stereocenters. The van der Waals surface area contributed by atoms with Gasteiger partial charge in [-0.3, -0.25) is 0 Å². The zero-order valence-corrected chi connectivity index (χ0v) is 10.5. The minimum atomic E-state index is -1.60. The van der Waals surface area contributed by atoms with Gasteiger partial charge in [0.2, 0.25) is 0 Å². The summed E-state index contributed by atoms with van der Waals surface area (Å²) < 4.78 is 19.7. The van der Waals surface area contributed by atoms with E-state index in [4.69, 9.17) is 9.84 Å². The summed E-state index contributed by atoms with van der Waals surface area (Å²) in [5, 5.41) is 8.85. The van der Waals surface area contributed by atoms with Gasteiger partial charge in [-0.25, -0.2) is 9.18 Å². The topological polar surface area (TPSA) is 46.5 Å². The van der Waals surface area contributed by atoms with Gasteiger partial charge in [-0.15, -0.1) is 0 Å². The van der Waals surface area contributed by atoms with E-state index in [9.17, 15) is 9.18 Å². The fourth-order valence-electron chi connectivity index (χ4n) is 2.23. The molecule has 0 spiro atoms. The molecule has 0 fully saturated rings. The molecule has 4 heteroatoms. The predicted molar refractivity (Wildman–Crippen MR) is 70.1 cm³/mol. The van der Waals surface area contributed by atoms with Gasteiger partial charge in [0.1, 0.15) is 0 Å². The van der Waals surface area contributed by atoms with E-state index in [2.05, 4.69) is 0 Å². The highest BCUT2D eigenvalue weighted by atomic mass is 19.1. The highest BCUT2D eigenvalue weighted by Gasteiger charge is 2.37. The molecule has 0 heterocycles. The standard InChI is InChI=1S/C15H15FO3/c1-19-10-15(16)9-3-2-4-13(15)11-5-7-12(8-6-11)14(17)18/h2-9,13H,10H2,1H3,(H,17,18). The number of aromatic carboxylic acids is 1. The van der Waals surface area contributed by atoms with Gasteiger partial charge < -0.3 is 9.84 Å². The number of rotatable bonds is 4. The van der Waals surface area contributed by atoms with Crippen molar-refractivity contribution in [3.8, 4) is 0 Å². The molecule has 1 aliphatic carbocycles. The van der Waals surface area contributed by atoms with Gasteiger partial charge >= 0.3 is 5.97 Å². The second-order valence-electron chi connectivity index (χ2n) is 4.51. The number of hydrogen-bond acceptors (Lipinski definition) is 2. The summed E-state index contributed by atoms with van der Waals surface area (Å²) >= 11 is 0. The molecule has 1 aromatic rings. The second kappa shape index (κ2) is 5.36. The van der Waals surface area contributed by atoms with E-state index in [1.165, 1.54) is 25.3 Å². The largest absolute Gasteiger partial charge is 0.478 e. The zero-order valence-electron chi connectivity index (χ0n) is 10.5. The number of alkyl halides is 1. The fraction of sp³-hybridized carbons (Fsp3) is 0.267. The van der Waals surface area contributed by atoms with Crippen molar-refractivity contribution in [2.75, 3.05) is 13.7 Å². The van der Waals surface area contributed by atoms with Crippen molar-refractivity contribution in [3.63, 3.8) is 0 Å². The zero-order chi connectivity index (χ0) is 13.9. The number of carbonyl (C=O) groups is 1. The van der Waals surface area contributed by atoms with Gasteiger partial charge in [0.15, 0.2) is 5.67 Å². The average molecular weight is 262 g/mol. The molecule has 1 aromatic carbocycles. The van der Waals surface area contributed by atoms with Crippen molar-refractivity contribution in [2.45, 2.75) is 11.6 Å². The monoisotopic (exact) mass is 262 g/mol. The summed E-state index contributed by atoms with van der Waals surface area (Å²) in [6, 6.07) is 6.25. The smallest absolute Gasteiger partial charge is 0.335 e. The van der Waals surface area contributed by atoms with Crippen molar-refractivity contribution in [3.05, 3.63) is 59.7 Å². The van der Waals surface area contributed by atoms with Crippen molar-refractivity contribution in [2.24, 2.45) is 0 Å². The van der Waals surface area contributed by atoms with Crippen LogP contribution in [0.25, 0.3) is 0 Å². The predicted octanol–water partition coefficient (Wildman–Crippen LogP) is 2.95. The number of ether oxygens (including phenoxy) is 1. The Bertz CT molecular complexity index is 519. The van der Waals surface area contributed by atoms with Crippen LogP contribution in [-0.4, -0.2) is 30.5 Å². The third-order valence-electron chi connectivity index (χ3n) is 3.19. The first-order valence-corrected chi connectivity index (χ1v) is 5.94.